The maximum atomic E-state index is 8.97. The molecule has 0 fully saturated rings. The zero-order valence-corrected chi connectivity index (χ0v) is 10.4. The fourth-order valence-corrected chi connectivity index (χ4v) is 1.50. The minimum absolute atomic E-state index is 0.710. The summed E-state index contributed by atoms with van der Waals surface area (Å²) in [6.45, 7) is 4.40. The smallest absolute Gasteiger partial charge is 0.0997 e. The van der Waals surface area contributed by atoms with Gasteiger partial charge in [0.2, 0.25) is 0 Å². The van der Waals surface area contributed by atoms with E-state index < -0.39 is 0 Å². The van der Waals surface area contributed by atoms with Crippen molar-refractivity contribution in [3.63, 3.8) is 0 Å². The van der Waals surface area contributed by atoms with Crippen molar-refractivity contribution in [1.82, 2.24) is 5.32 Å². The van der Waals surface area contributed by atoms with Crippen molar-refractivity contribution in [2.24, 2.45) is 0 Å². The molecule has 0 bridgehead atoms. The fraction of sp³-hybridized carbons (Fsp3) is 0.357. The van der Waals surface area contributed by atoms with E-state index in [2.05, 4.69) is 11.4 Å². The number of hydrogen-bond acceptors (Lipinski definition) is 3. The van der Waals surface area contributed by atoms with E-state index in [0.29, 0.717) is 12.2 Å². The molecule has 17 heavy (non-hydrogen) atoms. The lowest BCUT2D eigenvalue weighted by molar-refractivity contribution is 0.200. The van der Waals surface area contributed by atoms with E-state index in [0.717, 1.165) is 18.7 Å². The minimum atomic E-state index is 0.710. The molecule has 0 saturated heterocycles. The van der Waals surface area contributed by atoms with E-state index in [1.807, 2.05) is 37.3 Å². The molecule has 0 heterocycles. The second-order valence-corrected chi connectivity index (χ2v) is 3.86. The Bertz CT molecular complexity index is 418. The molecular weight excluding hydrogens is 212 g/mol. The van der Waals surface area contributed by atoms with Crippen molar-refractivity contribution >= 4 is 6.08 Å². The Morgan fingerprint density at radius 1 is 1.47 bits per heavy atom. The quantitative estimate of drug-likeness (QED) is 0.762. The summed E-state index contributed by atoms with van der Waals surface area (Å²) in [5, 5.41) is 12.2. The molecule has 1 N–H and O–H groups in total. The molecule has 0 aliphatic rings. The van der Waals surface area contributed by atoms with Crippen LogP contribution in [0, 0.1) is 11.3 Å². The molecule has 0 radical (unpaired) electrons. The minimum Gasteiger partial charge on any atom is -0.383 e. The second kappa shape index (κ2) is 7.61. The Labute approximate surface area is 103 Å². The maximum Gasteiger partial charge on any atom is 0.0997 e. The first-order valence-corrected chi connectivity index (χ1v) is 5.64. The highest BCUT2D eigenvalue weighted by Crippen LogP contribution is 2.11. The second-order valence-electron chi connectivity index (χ2n) is 3.86. The van der Waals surface area contributed by atoms with Gasteiger partial charge in [-0.15, -0.1) is 0 Å². The first-order valence-electron chi connectivity index (χ1n) is 5.64. The first-order chi connectivity index (χ1) is 8.27. The zero-order valence-electron chi connectivity index (χ0n) is 10.4. The highest BCUT2D eigenvalue weighted by molar-refractivity contribution is 5.60. The van der Waals surface area contributed by atoms with Crippen molar-refractivity contribution in [1.29, 1.82) is 5.26 Å². The summed E-state index contributed by atoms with van der Waals surface area (Å²) in [7, 11) is 1.69. The third kappa shape index (κ3) is 4.81. The van der Waals surface area contributed by atoms with Gasteiger partial charge in [0.25, 0.3) is 0 Å². The number of rotatable bonds is 6. The standard InChI is InChI=1S/C14H18N2O/c1-12(11-16-7-8-17-2)9-13-5-3-4-6-14(13)10-15/h3-6,9,16H,7-8,11H2,1-2H3/b12-9+. The summed E-state index contributed by atoms with van der Waals surface area (Å²) in [6.07, 6.45) is 2.04. The molecule has 0 aliphatic carbocycles. The molecule has 1 aromatic rings. The molecule has 0 amide bonds. The van der Waals surface area contributed by atoms with E-state index >= 15 is 0 Å². The molecule has 0 unspecified atom stereocenters. The highest BCUT2D eigenvalue weighted by atomic mass is 16.5. The Kier molecular flexibility index (Phi) is 6.02. The lowest BCUT2D eigenvalue weighted by Gasteiger charge is -2.05. The van der Waals surface area contributed by atoms with Crippen LogP contribution in [0.2, 0.25) is 0 Å². The lowest BCUT2D eigenvalue weighted by Crippen LogP contribution is -2.20. The molecule has 0 spiro atoms. The van der Waals surface area contributed by atoms with Crippen LogP contribution in [0.4, 0.5) is 0 Å². The van der Waals surface area contributed by atoms with E-state index in [1.54, 1.807) is 7.11 Å². The van der Waals surface area contributed by atoms with Crippen LogP contribution in [0.1, 0.15) is 18.1 Å². The van der Waals surface area contributed by atoms with Gasteiger partial charge in [0, 0.05) is 20.2 Å². The molecule has 0 saturated carbocycles. The van der Waals surface area contributed by atoms with E-state index in [4.69, 9.17) is 10.00 Å². The Balaban J connectivity index is 2.58. The Morgan fingerprint density at radius 3 is 2.94 bits per heavy atom. The van der Waals surface area contributed by atoms with Crippen LogP contribution in [-0.4, -0.2) is 26.8 Å². The SMILES string of the molecule is COCCNC/C(C)=C/c1ccccc1C#N. The average molecular weight is 230 g/mol. The van der Waals surface area contributed by atoms with Crippen LogP contribution in [0.25, 0.3) is 6.08 Å². The summed E-state index contributed by atoms with van der Waals surface area (Å²) in [4.78, 5) is 0. The van der Waals surface area contributed by atoms with E-state index in [9.17, 15) is 0 Å². The summed E-state index contributed by atoms with van der Waals surface area (Å²) in [5.74, 6) is 0. The van der Waals surface area contributed by atoms with Crippen molar-refractivity contribution in [2.75, 3.05) is 26.8 Å². The van der Waals surface area contributed by atoms with Gasteiger partial charge < -0.3 is 10.1 Å². The number of benzene rings is 1. The normalized spacial score (nSPS) is 11.2. The van der Waals surface area contributed by atoms with Crippen molar-refractivity contribution in [3.8, 4) is 6.07 Å². The van der Waals surface area contributed by atoms with Gasteiger partial charge in [0.1, 0.15) is 0 Å². The molecule has 1 rings (SSSR count). The highest BCUT2D eigenvalue weighted by Gasteiger charge is 1.98. The number of nitrogens with one attached hydrogen (secondary N) is 1. The van der Waals surface area contributed by atoms with Gasteiger partial charge in [0.15, 0.2) is 0 Å². The van der Waals surface area contributed by atoms with Crippen LogP contribution >= 0.6 is 0 Å². The zero-order chi connectivity index (χ0) is 12.5. The van der Waals surface area contributed by atoms with Crippen LogP contribution in [-0.2, 0) is 4.74 Å². The Hall–Kier alpha value is -1.63. The number of nitrogens with zero attached hydrogens (tertiary/aromatic N) is 1. The fourth-order valence-electron chi connectivity index (χ4n) is 1.50. The molecule has 0 atom stereocenters. The molecule has 1 aromatic carbocycles. The van der Waals surface area contributed by atoms with Gasteiger partial charge in [-0.1, -0.05) is 29.8 Å². The predicted molar refractivity (Wildman–Crippen MR) is 69.6 cm³/mol. The van der Waals surface area contributed by atoms with Gasteiger partial charge in [-0.05, 0) is 18.6 Å². The van der Waals surface area contributed by atoms with Crippen LogP contribution < -0.4 is 5.32 Å². The topological polar surface area (TPSA) is 45.0 Å². The third-order valence-corrected chi connectivity index (χ3v) is 2.37. The van der Waals surface area contributed by atoms with Crippen LogP contribution in [0.15, 0.2) is 29.8 Å². The van der Waals surface area contributed by atoms with Gasteiger partial charge in [-0.2, -0.15) is 5.26 Å². The van der Waals surface area contributed by atoms with Gasteiger partial charge in [0.05, 0.1) is 18.2 Å². The Morgan fingerprint density at radius 2 is 2.24 bits per heavy atom. The predicted octanol–water partition coefficient (Wildman–Crippen LogP) is 2.20. The van der Waals surface area contributed by atoms with Crippen molar-refractivity contribution in [3.05, 3.63) is 41.0 Å². The van der Waals surface area contributed by atoms with E-state index in [1.165, 1.54) is 5.57 Å². The first kappa shape index (κ1) is 13.4. The average Bonchev–Trinajstić information content (AvgIpc) is 2.35. The summed E-state index contributed by atoms with van der Waals surface area (Å²) < 4.78 is 4.95. The lowest BCUT2D eigenvalue weighted by atomic mass is 10.1. The van der Waals surface area contributed by atoms with Crippen LogP contribution in [0.5, 0.6) is 0 Å². The van der Waals surface area contributed by atoms with Gasteiger partial charge >= 0.3 is 0 Å². The number of ether oxygens (including phenoxy) is 1. The summed E-state index contributed by atoms with van der Waals surface area (Å²) in [5.41, 5.74) is 2.88. The molecule has 0 aromatic heterocycles. The molecular formula is C14H18N2O. The van der Waals surface area contributed by atoms with E-state index in [-0.39, 0.29) is 0 Å². The molecule has 90 valence electrons. The summed E-state index contributed by atoms with van der Waals surface area (Å²) in [6, 6.07) is 9.80. The largest absolute Gasteiger partial charge is 0.383 e. The molecule has 3 heteroatoms. The van der Waals surface area contributed by atoms with Crippen molar-refractivity contribution < 1.29 is 4.74 Å². The van der Waals surface area contributed by atoms with Gasteiger partial charge in [-0.3, -0.25) is 0 Å². The van der Waals surface area contributed by atoms with Crippen molar-refractivity contribution in [2.45, 2.75) is 6.92 Å². The van der Waals surface area contributed by atoms with Crippen LogP contribution in [0.3, 0.4) is 0 Å². The number of nitriles is 1. The molecule has 0 aliphatic heterocycles. The maximum absolute atomic E-state index is 8.97. The number of methoxy groups -OCH3 is 1. The van der Waals surface area contributed by atoms with Gasteiger partial charge in [-0.25, -0.2) is 0 Å². The monoisotopic (exact) mass is 230 g/mol. The third-order valence-electron chi connectivity index (χ3n) is 2.37. The number of hydrogen-bond donors (Lipinski definition) is 1. The summed E-state index contributed by atoms with van der Waals surface area (Å²) >= 11 is 0. The molecule has 3 nitrogen and oxygen atoms in total.